The van der Waals surface area contributed by atoms with Gasteiger partial charge in [0.2, 0.25) is 11.9 Å². The van der Waals surface area contributed by atoms with Crippen LogP contribution in [0.2, 0.25) is 0 Å². The van der Waals surface area contributed by atoms with Crippen molar-refractivity contribution in [1.29, 1.82) is 0 Å². The third-order valence-electron chi connectivity index (χ3n) is 6.23. The first-order valence-electron chi connectivity index (χ1n) is 9.81. The highest BCUT2D eigenvalue weighted by molar-refractivity contribution is 5.79. The van der Waals surface area contributed by atoms with Gasteiger partial charge in [-0.3, -0.25) is 9.69 Å². The maximum absolute atomic E-state index is 12.3. The summed E-state index contributed by atoms with van der Waals surface area (Å²) in [4.78, 5) is 25.7. The van der Waals surface area contributed by atoms with Crippen molar-refractivity contribution >= 4 is 11.9 Å². The lowest BCUT2D eigenvalue weighted by Crippen LogP contribution is -2.47. The monoisotopic (exact) mass is 343 g/mol. The molecule has 1 amide bonds. The molecule has 6 nitrogen and oxygen atoms in total. The minimum Gasteiger partial charge on any atom is -0.356 e. The molecule has 2 heterocycles. The lowest BCUT2D eigenvalue weighted by Gasteiger charge is -2.34. The minimum absolute atomic E-state index is 0.313. The highest BCUT2D eigenvalue weighted by Gasteiger charge is 2.42. The number of hydrogen-bond donors (Lipinski definition) is 1. The van der Waals surface area contributed by atoms with Gasteiger partial charge in [0, 0.05) is 51.0 Å². The molecule has 1 N–H and O–H groups in total. The molecule has 4 rings (SSSR count). The standard InChI is InChI=1S/C19H29N5O/c25-18(17-14-15-3-4-16(17)13-15)20-7-2-8-23-9-11-24(12-10-23)19-21-5-1-6-22-19/h1,5-6,15-17H,2-4,7-14H2,(H,20,25). The van der Waals surface area contributed by atoms with Gasteiger partial charge in [-0.2, -0.15) is 0 Å². The zero-order valence-corrected chi connectivity index (χ0v) is 14.9. The van der Waals surface area contributed by atoms with Crippen molar-refractivity contribution in [2.45, 2.75) is 32.1 Å². The van der Waals surface area contributed by atoms with Crippen LogP contribution in [0.3, 0.4) is 0 Å². The SMILES string of the molecule is O=C(NCCCN1CCN(c2ncccn2)CC1)C1CC2CCC1C2. The van der Waals surface area contributed by atoms with Crippen molar-refractivity contribution in [3.63, 3.8) is 0 Å². The second-order valence-corrected chi connectivity index (χ2v) is 7.80. The van der Waals surface area contributed by atoms with E-state index in [4.69, 9.17) is 0 Å². The van der Waals surface area contributed by atoms with Crippen molar-refractivity contribution in [2.75, 3.05) is 44.2 Å². The number of amides is 1. The number of fused-ring (bicyclic) bond motifs is 2. The van der Waals surface area contributed by atoms with Crippen LogP contribution in [0.25, 0.3) is 0 Å². The zero-order chi connectivity index (χ0) is 17.1. The molecule has 3 aliphatic rings. The van der Waals surface area contributed by atoms with Crippen molar-refractivity contribution < 1.29 is 4.79 Å². The summed E-state index contributed by atoms with van der Waals surface area (Å²) in [6.45, 7) is 5.90. The Morgan fingerprint density at radius 3 is 2.60 bits per heavy atom. The quantitative estimate of drug-likeness (QED) is 0.794. The summed E-state index contributed by atoms with van der Waals surface area (Å²) in [5.74, 6) is 2.98. The minimum atomic E-state index is 0.313. The van der Waals surface area contributed by atoms with Crippen molar-refractivity contribution in [1.82, 2.24) is 20.2 Å². The summed E-state index contributed by atoms with van der Waals surface area (Å²) in [6.07, 6.45) is 9.70. The Bertz CT molecular complexity index is 572. The van der Waals surface area contributed by atoms with E-state index in [1.54, 1.807) is 12.4 Å². The van der Waals surface area contributed by atoms with Gasteiger partial charge in [0.1, 0.15) is 0 Å². The Morgan fingerprint density at radius 2 is 1.92 bits per heavy atom. The zero-order valence-electron chi connectivity index (χ0n) is 14.9. The molecule has 0 radical (unpaired) electrons. The van der Waals surface area contributed by atoms with Crippen LogP contribution < -0.4 is 10.2 Å². The van der Waals surface area contributed by atoms with E-state index < -0.39 is 0 Å². The number of nitrogens with one attached hydrogen (secondary N) is 1. The average Bonchev–Trinajstić information content (AvgIpc) is 3.30. The number of rotatable bonds is 6. The van der Waals surface area contributed by atoms with E-state index in [1.807, 2.05) is 6.07 Å². The molecule has 2 bridgehead atoms. The van der Waals surface area contributed by atoms with Gasteiger partial charge in [0.05, 0.1) is 0 Å². The first kappa shape index (κ1) is 16.8. The Hall–Kier alpha value is -1.69. The van der Waals surface area contributed by atoms with E-state index in [0.29, 0.717) is 17.7 Å². The molecule has 3 fully saturated rings. The summed E-state index contributed by atoms with van der Waals surface area (Å²) < 4.78 is 0. The average molecular weight is 343 g/mol. The Balaban J connectivity index is 1.12. The van der Waals surface area contributed by atoms with Crippen LogP contribution in [-0.2, 0) is 4.79 Å². The molecule has 1 aromatic rings. The predicted octanol–water partition coefficient (Wildman–Crippen LogP) is 1.54. The molecule has 2 aliphatic carbocycles. The first-order chi connectivity index (χ1) is 12.3. The number of hydrogen-bond acceptors (Lipinski definition) is 5. The van der Waals surface area contributed by atoms with Crippen LogP contribution in [0, 0.1) is 17.8 Å². The third-order valence-corrected chi connectivity index (χ3v) is 6.23. The fraction of sp³-hybridized carbons (Fsp3) is 0.737. The molecular weight excluding hydrogens is 314 g/mol. The van der Waals surface area contributed by atoms with Crippen molar-refractivity contribution in [3.05, 3.63) is 18.5 Å². The normalized spacial score (nSPS) is 29.1. The number of carbonyl (C=O) groups excluding carboxylic acids is 1. The first-order valence-corrected chi connectivity index (χ1v) is 9.81. The summed E-state index contributed by atoms with van der Waals surface area (Å²) >= 11 is 0. The van der Waals surface area contributed by atoms with E-state index in [0.717, 1.165) is 64.0 Å². The van der Waals surface area contributed by atoms with Gasteiger partial charge in [-0.15, -0.1) is 0 Å². The Labute approximate surface area is 150 Å². The fourth-order valence-corrected chi connectivity index (χ4v) is 4.84. The van der Waals surface area contributed by atoms with Gasteiger partial charge in [-0.25, -0.2) is 9.97 Å². The fourth-order valence-electron chi connectivity index (χ4n) is 4.84. The van der Waals surface area contributed by atoms with Crippen LogP contribution in [0.4, 0.5) is 5.95 Å². The van der Waals surface area contributed by atoms with Gasteiger partial charge in [0.15, 0.2) is 0 Å². The highest BCUT2D eigenvalue weighted by atomic mass is 16.1. The largest absolute Gasteiger partial charge is 0.356 e. The molecule has 136 valence electrons. The second kappa shape index (κ2) is 7.68. The van der Waals surface area contributed by atoms with E-state index in [1.165, 1.54) is 19.3 Å². The Kier molecular flexibility index (Phi) is 5.15. The topological polar surface area (TPSA) is 61.4 Å². The van der Waals surface area contributed by atoms with Gasteiger partial charge >= 0.3 is 0 Å². The molecule has 6 heteroatoms. The van der Waals surface area contributed by atoms with E-state index >= 15 is 0 Å². The van der Waals surface area contributed by atoms with Gasteiger partial charge in [0.25, 0.3) is 0 Å². The molecule has 1 aliphatic heterocycles. The molecule has 2 saturated carbocycles. The van der Waals surface area contributed by atoms with Crippen LogP contribution >= 0.6 is 0 Å². The number of aromatic nitrogens is 2. The molecule has 3 atom stereocenters. The van der Waals surface area contributed by atoms with Crippen molar-refractivity contribution in [2.24, 2.45) is 17.8 Å². The van der Waals surface area contributed by atoms with Crippen LogP contribution in [0.5, 0.6) is 0 Å². The van der Waals surface area contributed by atoms with Crippen LogP contribution in [-0.4, -0.2) is 60.0 Å². The predicted molar refractivity (Wildman–Crippen MR) is 97.2 cm³/mol. The molecule has 0 aromatic carbocycles. The lowest BCUT2D eigenvalue weighted by molar-refractivity contribution is -0.126. The molecule has 25 heavy (non-hydrogen) atoms. The third kappa shape index (κ3) is 3.94. The maximum Gasteiger partial charge on any atom is 0.225 e. The smallest absolute Gasteiger partial charge is 0.225 e. The number of nitrogens with zero attached hydrogens (tertiary/aromatic N) is 4. The summed E-state index contributed by atoms with van der Waals surface area (Å²) in [7, 11) is 0. The summed E-state index contributed by atoms with van der Waals surface area (Å²) in [5, 5.41) is 3.19. The summed E-state index contributed by atoms with van der Waals surface area (Å²) in [5.41, 5.74) is 0. The molecule has 1 aromatic heterocycles. The number of carbonyl (C=O) groups is 1. The van der Waals surface area contributed by atoms with Gasteiger partial charge < -0.3 is 10.2 Å². The van der Waals surface area contributed by atoms with Gasteiger partial charge in [-0.1, -0.05) is 6.42 Å². The Morgan fingerprint density at radius 1 is 1.12 bits per heavy atom. The van der Waals surface area contributed by atoms with E-state index in [9.17, 15) is 4.79 Å². The highest BCUT2D eigenvalue weighted by Crippen LogP contribution is 2.48. The van der Waals surface area contributed by atoms with Crippen LogP contribution in [0.15, 0.2) is 18.5 Å². The number of anilines is 1. The van der Waals surface area contributed by atoms with Gasteiger partial charge in [-0.05, 0) is 50.1 Å². The second-order valence-electron chi connectivity index (χ2n) is 7.80. The molecular formula is C19H29N5O. The van der Waals surface area contributed by atoms with Crippen LogP contribution in [0.1, 0.15) is 32.1 Å². The number of piperazine rings is 1. The van der Waals surface area contributed by atoms with Crippen molar-refractivity contribution in [3.8, 4) is 0 Å². The van der Waals surface area contributed by atoms with E-state index in [-0.39, 0.29) is 0 Å². The molecule has 0 spiro atoms. The van der Waals surface area contributed by atoms with E-state index in [2.05, 4.69) is 25.1 Å². The maximum atomic E-state index is 12.3. The molecule has 3 unspecified atom stereocenters. The summed E-state index contributed by atoms with van der Waals surface area (Å²) in [6, 6.07) is 1.85. The lowest BCUT2D eigenvalue weighted by atomic mass is 9.88. The molecule has 1 saturated heterocycles.